The number of hydrogen-bond acceptors (Lipinski definition) is 3. The number of aromatic nitrogens is 2. The maximum Gasteiger partial charge on any atom is 0.324 e. The molecule has 0 atom stereocenters. The largest absolute Gasteiger partial charge is 0.494 e. The zero-order valence-electron chi connectivity index (χ0n) is 15.3. The molecule has 1 aliphatic rings. The molecule has 0 spiro atoms. The molecule has 2 aromatic carbocycles. The second-order valence-electron chi connectivity index (χ2n) is 6.76. The number of anilines is 1. The zero-order valence-corrected chi connectivity index (χ0v) is 15.3. The first kappa shape index (κ1) is 18.2. The Morgan fingerprint density at radius 3 is 2.57 bits per heavy atom. The van der Waals surface area contributed by atoms with E-state index < -0.39 is 12.0 Å². The summed E-state index contributed by atoms with van der Waals surface area (Å²) in [6.07, 6.45) is -0.654. The third-order valence-electron chi connectivity index (χ3n) is 4.92. The molecular formula is C20H20F2N4O2. The average molecular weight is 386 g/mol. The van der Waals surface area contributed by atoms with E-state index in [1.54, 1.807) is 7.11 Å². The molecule has 146 valence electrons. The highest BCUT2D eigenvalue weighted by atomic mass is 19.3. The first-order valence-corrected chi connectivity index (χ1v) is 9.03. The summed E-state index contributed by atoms with van der Waals surface area (Å²) in [6, 6.07) is 13.1. The van der Waals surface area contributed by atoms with Gasteiger partial charge in [-0.3, -0.25) is 5.32 Å². The lowest BCUT2D eigenvalue weighted by Gasteiger charge is -2.31. The summed E-state index contributed by atoms with van der Waals surface area (Å²) in [5, 5.41) is 2.68. The van der Waals surface area contributed by atoms with Crippen LogP contribution in [0.1, 0.15) is 12.8 Å². The highest BCUT2D eigenvalue weighted by molar-refractivity contribution is 5.98. The summed E-state index contributed by atoms with van der Waals surface area (Å²) in [4.78, 5) is 21.4. The molecule has 4 rings (SSSR count). The predicted molar refractivity (Wildman–Crippen MR) is 103 cm³/mol. The number of nitrogens with one attached hydrogen (secondary N) is 2. The predicted octanol–water partition coefficient (Wildman–Crippen LogP) is 4.50. The molecule has 3 aromatic rings. The van der Waals surface area contributed by atoms with Crippen LogP contribution in [0.15, 0.2) is 42.5 Å². The molecule has 28 heavy (non-hydrogen) atoms. The molecule has 0 saturated carbocycles. The van der Waals surface area contributed by atoms with Gasteiger partial charge in [0.05, 0.1) is 7.11 Å². The number of carbonyl (C=O) groups excluding carboxylic acids is 1. The van der Waals surface area contributed by atoms with Gasteiger partial charge in [-0.15, -0.1) is 0 Å². The maximum absolute atomic E-state index is 13.3. The van der Waals surface area contributed by atoms with Gasteiger partial charge in [-0.05, 0) is 17.7 Å². The van der Waals surface area contributed by atoms with Crippen molar-refractivity contribution in [1.82, 2.24) is 14.9 Å². The molecular weight excluding hydrogens is 366 g/mol. The van der Waals surface area contributed by atoms with E-state index in [-0.39, 0.29) is 31.9 Å². The van der Waals surface area contributed by atoms with E-state index in [2.05, 4.69) is 15.3 Å². The average Bonchev–Trinajstić information content (AvgIpc) is 3.11. The van der Waals surface area contributed by atoms with Gasteiger partial charge in [-0.25, -0.2) is 18.6 Å². The highest BCUT2D eigenvalue weighted by Gasteiger charge is 2.35. The molecule has 1 saturated heterocycles. The van der Waals surface area contributed by atoms with Gasteiger partial charge in [0.1, 0.15) is 16.8 Å². The van der Waals surface area contributed by atoms with Crippen LogP contribution in [-0.2, 0) is 0 Å². The number of halogens is 2. The van der Waals surface area contributed by atoms with Crippen molar-refractivity contribution >= 4 is 23.0 Å². The minimum atomic E-state index is -2.70. The Bertz CT molecular complexity index is 994. The van der Waals surface area contributed by atoms with E-state index in [1.165, 1.54) is 4.90 Å². The Morgan fingerprint density at radius 2 is 1.89 bits per heavy atom. The van der Waals surface area contributed by atoms with Crippen LogP contribution in [0, 0.1) is 0 Å². The Kier molecular flexibility index (Phi) is 4.62. The fourth-order valence-electron chi connectivity index (χ4n) is 3.36. The third kappa shape index (κ3) is 3.49. The Hall–Kier alpha value is -3.16. The van der Waals surface area contributed by atoms with Crippen LogP contribution in [-0.4, -0.2) is 47.0 Å². The minimum absolute atomic E-state index is 0.0116. The van der Waals surface area contributed by atoms with Crippen molar-refractivity contribution < 1.29 is 18.3 Å². The van der Waals surface area contributed by atoms with E-state index in [1.807, 2.05) is 42.5 Å². The third-order valence-corrected chi connectivity index (χ3v) is 4.92. The second-order valence-corrected chi connectivity index (χ2v) is 6.76. The number of aromatic amines is 1. The Labute approximate surface area is 160 Å². The first-order valence-electron chi connectivity index (χ1n) is 9.03. The number of piperidine rings is 1. The maximum atomic E-state index is 13.3. The van der Waals surface area contributed by atoms with Crippen molar-refractivity contribution in [3.63, 3.8) is 0 Å². The molecule has 0 aliphatic carbocycles. The molecule has 1 fully saturated rings. The van der Waals surface area contributed by atoms with Crippen LogP contribution in [0.5, 0.6) is 5.75 Å². The van der Waals surface area contributed by atoms with Crippen molar-refractivity contribution in [1.29, 1.82) is 0 Å². The number of hydrogen-bond donors (Lipinski definition) is 2. The van der Waals surface area contributed by atoms with E-state index in [4.69, 9.17) is 4.74 Å². The highest BCUT2D eigenvalue weighted by Crippen LogP contribution is 2.34. The van der Waals surface area contributed by atoms with Crippen molar-refractivity contribution in [2.75, 3.05) is 25.5 Å². The van der Waals surface area contributed by atoms with Gasteiger partial charge in [0.2, 0.25) is 5.95 Å². The van der Waals surface area contributed by atoms with Gasteiger partial charge < -0.3 is 14.6 Å². The van der Waals surface area contributed by atoms with Crippen LogP contribution in [0.4, 0.5) is 19.5 Å². The lowest BCUT2D eigenvalue weighted by molar-refractivity contribution is -0.0461. The Morgan fingerprint density at radius 1 is 1.18 bits per heavy atom. The number of fused-ring (bicyclic) bond motifs is 1. The fraction of sp³-hybridized carbons (Fsp3) is 0.300. The van der Waals surface area contributed by atoms with Gasteiger partial charge in [-0.1, -0.05) is 30.3 Å². The number of amides is 2. The van der Waals surface area contributed by atoms with Crippen molar-refractivity contribution in [2.45, 2.75) is 18.8 Å². The normalized spacial score (nSPS) is 16.2. The topological polar surface area (TPSA) is 70.2 Å². The number of ether oxygens (including phenoxy) is 1. The number of imidazole rings is 1. The number of likely N-dealkylation sites (tertiary alicyclic amines) is 1. The quantitative estimate of drug-likeness (QED) is 0.696. The number of urea groups is 1. The molecule has 8 heteroatoms. The van der Waals surface area contributed by atoms with E-state index in [9.17, 15) is 13.6 Å². The zero-order chi connectivity index (χ0) is 19.7. The van der Waals surface area contributed by atoms with Crippen LogP contribution in [0.3, 0.4) is 0 Å². The number of H-pyrrole nitrogens is 1. The number of methoxy groups -OCH3 is 1. The van der Waals surface area contributed by atoms with Gasteiger partial charge in [0.25, 0.3) is 5.92 Å². The summed E-state index contributed by atoms with van der Waals surface area (Å²) in [7, 11) is 1.56. The van der Waals surface area contributed by atoms with Crippen molar-refractivity contribution in [3.05, 3.63) is 42.5 Å². The molecule has 0 bridgehead atoms. The van der Waals surface area contributed by atoms with Crippen LogP contribution in [0.2, 0.25) is 0 Å². The number of alkyl halides is 2. The number of carbonyl (C=O) groups is 1. The molecule has 6 nitrogen and oxygen atoms in total. The smallest absolute Gasteiger partial charge is 0.324 e. The van der Waals surface area contributed by atoms with Crippen LogP contribution >= 0.6 is 0 Å². The van der Waals surface area contributed by atoms with Gasteiger partial charge >= 0.3 is 6.03 Å². The lowest BCUT2D eigenvalue weighted by atomic mass is 10.0. The Balaban J connectivity index is 1.63. The molecule has 0 radical (unpaired) electrons. The summed E-state index contributed by atoms with van der Waals surface area (Å²) in [6.45, 7) is 0.0231. The van der Waals surface area contributed by atoms with Gasteiger partial charge in [0, 0.05) is 31.5 Å². The van der Waals surface area contributed by atoms with E-state index in [0.29, 0.717) is 16.8 Å². The molecule has 2 amide bonds. The monoisotopic (exact) mass is 386 g/mol. The minimum Gasteiger partial charge on any atom is -0.494 e. The fourth-order valence-corrected chi connectivity index (χ4v) is 3.36. The molecule has 1 aliphatic heterocycles. The standard InChI is InChI=1S/C20H20F2N4O2/c1-28-15-8-7-14(13-5-3-2-4-6-13)16-17(15)24-18(23-16)25-19(27)26-11-9-20(21,22)10-12-26/h2-8H,9-12H2,1H3,(H2,23,24,25,27). The van der Waals surface area contributed by atoms with Crippen LogP contribution in [0.25, 0.3) is 22.2 Å². The summed E-state index contributed by atoms with van der Waals surface area (Å²) in [5.74, 6) is -1.85. The lowest BCUT2D eigenvalue weighted by Crippen LogP contribution is -2.44. The first-order chi connectivity index (χ1) is 13.5. The summed E-state index contributed by atoms with van der Waals surface area (Å²) < 4.78 is 32.0. The molecule has 2 heterocycles. The van der Waals surface area contributed by atoms with Crippen molar-refractivity contribution in [3.8, 4) is 16.9 Å². The van der Waals surface area contributed by atoms with Crippen molar-refractivity contribution in [2.24, 2.45) is 0 Å². The second kappa shape index (κ2) is 7.10. The van der Waals surface area contributed by atoms with E-state index in [0.717, 1.165) is 11.1 Å². The van der Waals surface area contributed by atoms with Gasteiger partial charge in [0.15, 0.2) is 0 Å². The number of nitrogens with zero attached hydrogens (tertiary/aromatic N) is 2. The summed E-state index contributed by atoms with van der Waals surface area (Å²) >= 11 is 0. The SMILES string of the molecule is COc1ccc(-c2ccccc2)c2nc(NC(=O)N3CCC(F)(F)CC3)[nH]c12. The van der Waals surface area contributed by atoms with E-state index >= 15 is 0 Å². The van der Waals surface area contributed by atoms with Gasteiger partial charge in [-0.2, -0.15) is 0 Å². The summed E-state index contributed by atoms with van der Waals surface area (Å²) in [5.41, 5.74) is 3.19. The molecule has 0 unspecified atom stereocenters. The number of rotatable bonds is 3. The number of benzene rings is 2. The molecule has 2 N–H and O–H groups in total. The molecule has 1 aromatic heterocycles. The van der Waals surface area contributed by atoms with Crippen LogP contribution < -0.4 is 10.1 Å².